The van der Waals surface area contributed by atoms with E-state index in [0.717, 1.165) is 29.8 Å². The minimum Gasteiger partial charge on any atom is -0.477 e. The maximum atomic E-state index is 11.1. The molecule has 0 bridgehead atoms. The van der Waals surface area contributed by atoms with Crippen molar-refractivity contribution in [1.82, 2.24) is 9.78 Å². The molecule has 0 aromatic carbocycles. The molecule has 0 aliphatic carbocycles. The zero-order chi connectivity index (χ0) is 12.4. The number of rotatable bonds is 4. The predicted molar refractivity (Wildman–Crippen MR) is 67.5 cm³/mol. The monoisotopic (exact) mass is 250 g/mol. The molecular formula is C12H14N2O2S. The van der Waals surface area contributed by atoms with Crippen molar-refractivity contribution >= 4 is 17.3 Å². The van der Waals surface area contributed by atoms with E-state index >= 15 is 0 Å². The third-order valence-electron chi connectivity index (χ3n) is 2.55. The molecule has 0 saturated carbocycles. The number of carboxylic acids is 1. The summed E-state index contributed by atoms with van der Waals surface area (Å²) in [6.45, 7) is 4.85. The number of nitrogens with zero attached hydrogens (tertiary/aromatic N) is 2. The van der Waals surface area contributed by atoms with E-state index < -0.39 is 5.97 Å². The second-order valence-electron chi connectivity index (χ2n) is 3.86. The van der Waals surface area contributed by atoms with E-state index in [1.165, 1.54) is 11.3 Å². The minimum atomic E-state index is -0.877. The van der Waals surface area contributed by atoms with Gasteiger partial charge < -0.3 is 5.11 Å². The number of carboxylic acid groups (broad SMARTS) is 1. The van der Waals surface area contributed by atoms with Gasteiger partial charge in [0.25, 0.3) is 0 Å². The molecule has 0 amide bonds. The molecule has 0 spiro atoms. The highest BCUT2D eigenvalue weighted by Crippen LogP contribution is 2.30. The minimum absolute atomic E-state index is 0.379. The van der Waals surface area contributed by atoms with Gasteiger partial charge in [0.1, 0.15) is 4.88 Å². The average molecular weight is 250 g/mol. The number of aryl methyl sites for hydroxylation is 2. The number of thiophene rings is 1. The Labute approximate surface area is 104 Å². The lowest BCUT2D eigenvalue weighted by atomic mass is 10.1. The van der Waals surface area contributed by atoms with Crippen molar-refractivity contribution < 1.29 is 9.90 Å². The molecule has 17 heavy (non-hydrogen) atoms. The summed E-state index contributed by atoms with van der Waals surface area (Å²) in [6, 6.07) is 1.84. The maximum Gasteiger partial charge on any atom is 0.346 e. The molecule has 2 rings (SSSR count). The van der Waals surface area contributed by atoms with E-state index in [1.807, 2.05) is 23.9 Å². The highest BCUT2D eigenvalue weighted by molar-refractivity contribution is 7.12. The van der Waals surface area contributed by atoms with Gasteiger partial charge in [0.05, 0.1) is 5.69 Å². The Balaban J connectivity index is 2.45. The molecule has 0 aliphatic heterocycles. The lowest BCUT2D eigenvalue weighted by Gasteiger charge is -1.97. The van der Waals surface area contributed by atoms with Crippen LogP contribution in [0.5, 0.6) is 0 Å². The maximum absolute atomic E-state index is 11.1. The lowest BCUT2D eigenvalue weighted by molar-refractivity contribution is 0.0703. The fourth-order valence-corrected chi connectivity index (χ4v) is 2.56. The molecule has 2 aromatic heterocycles. The van der Waals surface area contributed by atoms with Crippen LogP contribution >= 0.6 is 11.3 Å². The van der Waals surface area contributed by atoms with Gasteiger partial charge in [-0.05, 0) is 24.8 Å². The quantitative estimate of drug-likeness (QED) is 0.907. The topological polar surface area (TPSA) is 55.1 Å². The van der Waals surface area contributed by atoms with E-state index in [9.17, 15) is 4.79 Å². The van der Waals surface area contributed by atoms with E-state index in [-0.39, 0.29) is 0 Å². The van der Waals surface area contributed by atoms with Crippen LogP contribution in [0.25, 0.3) is 11.1 Å². The molecule has 2 heterocycles. The second kappa shape index (κ2) is 4.71. The third-order valence-corrected chi connectivity index (χ3v) is 3.45. The summed E-state index contributed by atoms with van der Waals surface area (Å²) in [6.07, 6.45) is 2.93. The molecule has 90 valence electrons. The van der Waals surface area contributed by atoms with E-state index in [1.54, 1.807) is 5.38 Å². The second-order valence-corrected chi connectivity index (χ2v) is 4.78. The van der Waals surface area contributed by atoms with Gasteiger partial charge in [-0.15, -0.1) is 11.3 Å². The first-order chi connectivity index (χ1) is 8.13. The Hall–Kier alpha value is -1.62. The molecule has 0 aliphatic rings. The Morgan fingerprint density at radius 2 is 2.29 bits per heavy atom. The molecule has 2 aromatic rings. The van der Waals surface area contributed by atoms with Crippen LogP contribution in [0.3, 0.4) is 0 Å². The van der Waals surface area contributed by atoms with Crippen molar-refractivity contribution in [3.8, 4) is 11.1 Å². The molecular weight excluding hydrogens is 236 g/mol. The SMILES string of the molecule is CCCn1cc(-c2ccsc2C(=O)O)c(C)n1. The van der Waals surface area contributed by atoms with Crippen molar-refractivity contribution in [2.24, 2.45) is 0 Å². The van der Waals surface area contributed by atoms with Gasteiger partial charge in [0.15, 0.2) is 0 Å². The Bertz CT molecular complexity index is 542. The predicted octanol–water partition coefficient (Wildman–Crippen LogP) is 3.03. The number of hydrogen-bond acceptors (Lipinski definition) is 3. The fourth-order valence-electron chi connectivity index (χ4n) is 1.81. The van der Waals surface area contributed by atoms with Crippen LogP contribution in [0.4, 0.5) is 0 Å². The molecule has 4 nitrogen and oxygen atoms in total. The van der Waals surface area contributed by atoms with Gasteiger partial charge in [-0.3, -0.25) is 4.68 Å². The van der Waals surface area contributed by atoms with Gasteiger partial charge in [0, 0.05) is 23.9 Å². The summed E-state index contributed by atoms with van der Waals surface area (Å²) in [7, 11) is 0. The van der Waals surface area contributed by atoms with Crippen molar-refractivity contribution in [3.05, 3.63) is 28.2 Å². The van der Waals surface area contributed by atoms with E-state index in [4.69, 9.17) is 5.11 Å². The standard InChI is InChI=1S/C12H14N2O2S/c1-3-5-14-7-10(8(2)13-14)9-4-6-17-11(9)12(15)16/h4,6-7H,3,5H2,1-2H3,(H,15,16). The van der Waals surface area contributed by atoms with Crippen molar-refractivity contribution in [1.29, 1.82) is 0 Å². The number of aromatic nitrogens is 2. The number of hydrogen-bond donors (Lipinski definition) is 1. The third kappa shape index (κ3) is 2.24. The van der Waals surface area contributed by atoms with Gasteiger partial charge in [0.2, 0.25) is 0 Å². The Morgan fingerprint density at radius 1 is 1.53 bits per heavy atom. The Kier molecular flexibility index (Phi) is 3.28. The van der Waals surface area contributed by atoms with Gasteiger partial charge in [-0.1, -0.05) is 6.92 Å². The van der Waals surface area contributed by atoms with E-state index in [2.05, 4.69) is 12.0 Å². The van der Waals surface area contributed by atoms with Crippen LogP contribution in [-0.4, -0.2) is 20.9 Å². The molecule has 0 radical (unpaired) electrons. The largest absolute Gasteiger partial charge is 0.477 e. The van der Waals surface area contributed by atoms with Crippen molar-refractivity contribution in [3.63, 3.8) is 0 Å². The summed E-state index contributed by atoms with van der Waals surface area (Å²) in [5.41, 5.74) is 2.55. The lowest BCUT2D eigenvalue weighted by Crippen LogP contribution is -1.96. The summed E-state index contributed by atoms with van der Waals surface area (Å²) in [5.74, 6) is -0.877. The van der Waals surface area contributed by atoms with Crippen LogP contribution < -0.4 is 0 Å². The highest BCUT2D eigenvalue weighted by Gasteiger charge is 2.16. The molecule has 0 fully saturated rings. The van der Waals surface area contributed by atoms with Crippen LogP contribution in [-0.2, 0) is 6.54 Å². The number of carbonyl (C=O) groups is 1. The first-order valence-corrected chi connectivity index (χ1v) is 6.36. The van der Waals surface area contributed by atoms with Crippen LogP contribution in [0.15, 0.2) is 17.6 Å². The van der Waals surface area contributed by atoms with E-state index in [0.29, 0.717) is 4.88 Å². The molecule has 5 heteroatoms. The van der Waals surface area contributed by atoms with Gasteiger partial charge >= 0.3 is 5.97 Å². The molecule has 0 unspecified atom stereocenters. The smallest absolute Gasteiger partial charge is 0.346 e. The van der Waals surface area contributed by atoms with Gasteiger partial charge in [-0.2, -0.15) is 5.10 Å². The summed E-state index contributed by atoms with van der Waals surface area (Å²) >= 11 is 1.25. The average Bonchev–Trinajstić information content (AvgIpc) is 2.84. The Morgan fingerprint density at radius 3 is 2.94 bits per heavy atom. The summed E-state index contributed by atoms with van der Waals surface area (Å²) in [5, 5.41) is 15.3. The summed E-state index contributed by atoms with van der Waals surface area (Å²) in [4.78, 5) is 11.5. The number of aromatic carboxylic acids is 1. The molecule has 0 saturated heterocycles. The normalized spacial score (nSPS) is 10.7. The van der Waals surface area contributed by atoms with Crippen LogP contribution in [0.1, 0.15) is 28.7 Å². The van der Waals surface area contributed by atoms with Crippen LogP contribution in [0, 0.1) is 6.92 Å². The van der Waals surface area contributed by atoms with Crippen molar-refractivity contribution in [2.45, 2.75) is 26.8 Å². The van der Waals surface area contributed by atoms with Crippen LogP contribution in [0.2, 0.25) is 0 Å². The summed E-state index contributed by atoms with van der Waals surface area (Å²) < 4.78 is 1.87. The zero-order valence-electron chi connectivity index (χ0n) is 9.80. The fraction of sp³-hybridized carbons (Fsp3) is 0.333. The van der Waals surface area contributed by atoms with Gasteiger partial charge in [-0.25, -0.2) is 4.79 Å². The van der Waals surface area contributed by atoms with Crippen molar-refractivity contribution in [2.75, 3.05) is 0 Å². The first-order valence-electron chi connectivity index (χ1n) is 5.48. The molecule has 0 atom stereocenters. The first kappa shape index (κ1) is 11.9. The zero-order valence-corrected chi connectivity index (χ0v) is 10.6. The highest BCUT2D eigenvalue weighted by atomic mass is 32.1. The molecule has 1 N–H and O–H groups in total.